The topological polar surface area (TPSA) is 62.4 Å². The molecule has 0 aromatic heterocycles. The molecule has 0 saturated heterocycles. The maximum atomic E-state index is 6.15. The van der Waals surface area contributed by atoms with Crippen molar-refractivity contribution in [3.8, 4) is 0 Å². The second-order valence-corrected chi connectivity index (χ2v) is 8.65. The summed E-state index contributed by atoms with van der Waals surface area (Å²) in [7, 11) is 0. The van der Waals surface area contributed by atoms with Crippen molar-refractivity contribution < 1.29 is 0 Å². The van der Waals surface area contributed by atoms with Gasteiger partial charge < -0.3 is 16.4 Å². The molecule has 1 unspecified atom stereocenters. The lowest BCUT2D eigenvalue weighted by atomic mass is 10.1. The zero-order valence-corrected chi connectivity index (χ0v) is 19.4. The molecular formula is C25H50N4. The number of amidine groups is 1. The molecule has 29 heavy (non-hydrogen) atoms. The standard InChI is InChI=1S/C25H50N4/c1-2-3-4-5-6-7-8-9-10-11-12-13-14-15-16-17-18-19-24(26)27-21-20-25-28-22-23-29-25/h9-10,24,27H,2-8,11-23,26H2,1H3,(H,28,29)/b10-9-. The van der Waals surface area contributed by atoms with Gasteiger partial charge in [0.15, 0.2) is 0 Å². The van der Waals surface area contributed by atoms with E-state index in [1.54, 1.807) is 0 Å². The largest absolute Gasteiger partial charge is 0.372 e. The molecule has 0 spiro atoms. The van der Waals surface area contributed by atoms with Crippen molar-refractivity contribution in [2.24, 2.45) is 10.7 Å². The molecule has 4 nitrogen and oxygen atoms in total. The molecule has 4 N–H and O–H groups in total. The molecule has 1 rings (SSSR count). The summed E-state index contributed by atoms with van der Waals surface area (Å²) in [6.07, 6.45) is 27.5. The second-order valence-electron chi connectivity index (χ2n) is 8.65. The Balaban J connectivity index is 1.73. The van der Waals surface area contributed by atoms with Crippen LogP contribution < -0.4 is 16.4 Å². The van der Waals surface area contributed by atoms with Crippen molar-refractivity contribution in [1.82, 2.24) is 10.6 Å². The monoisotopic (exact) mass is 406 g/mol. The molecule has 4 heteroatoms. The molecule has 1 atom stereocenters. The van der Waals surface area contributed by atoms with Gasteiger partial charge >= 0.3 is 0 Å². The summed E-state index contributed by atoms with van der Waals surface area (Å²) in [5.74, 6) is 1.14. The lowest BCUT2D eigenvalue weighted by Crippen LogP contribution is -2.39. The van der Waals surface area contributed by atoms with Crippen molar-refractivity contribution in [3.63, 3.8) is 0 Å². The molecule has 1 aliphatic heterocycles. The Labute approximate surface area is 181 Å². The van der Waals surface area contributed by atoms with E-state index < -0.39 is 0 Å². The SMILES string of the molecule is CCCCCCCC/C=C\CCCCCCCCCC(N)NCCC1=NCCN1. The van der Waals surface area contributed by atoms with E-state index >= 15 is 0 Å². The Morgan fingerprint density at radius 2 is 1.48 bits per heavy atom. The Morgan fingerprint density at radius 3 is 2.07 bits per heavy atom. The molecule has 0 bridgehead atoms. The van der Waals surface area contributed by atoms with Crippen LogP contribution in [0.15, 0.2) is 17.1 Å². The predicted molar refractivity (Wildman–Crippen MR) is 130 cm³/mol. The summed E-state index contributed by atoms with van der Waals surface area (Å²) in [5, 5.41) is 6.71. The minimum absolute atomic E-state index is 0.139. The normalized spacial score (nSPS) is 15.0. The molecule has 0 aliphatic carbocycles. The van der Waals surface area contributed by atoms with Gasteiger partial charge in [-0.2, -0.15) is 0 Å². The Bertz CT molecular complexity index is 406. The van der Waals surface area contributed by atoms with Gasteiger partial charge in [-0.3, -0.25) is 4.99 Å². The maximum Gasteiger partial charge on any atom is 0.0977 e. The van der Waals surface area contributed by atoms with E-state index in [1.807, 2.05) is 0 Å². The van der Waals surface area contributed by atoms with Gasteiger partial charge in [-0.15, -0.1) is 0 Å². The molecule has 170 valence electrons. The highest BCUT2D eigenvalue weighted by atomic mass is 15.1. The molecule has 0 radical (unpaired) electrons. The lowest BCUT2D eigenvalue weighted by molar-refractivity contribution is 0.467. The first kappa shape index (κ1) is 26.2. The number of rotatable bonds is 21. The van der Waals surface area contributed by atoms with Crippen LogP contribution in [0.2, 0.25) is 0 Å². The average Bonchev–Trinajstić information content (AvgIpc) is 3.24. The van der Waals surface area contributed by atoms with Crippen LogP contribution in [0, 0.1) is 0 Å². The van der Waals surface area contributed by atoms with Crippen LogP contribution in [0.5, 0.6) is 0 Å². The summed E-state index contributed by atoms with van der Waals surface area (Å²) in [4.78, 5) is 4.40. The number of hydrogen-bond donors (Lipinski definition) is 3. The summed E-state index contributed by atoms with van der Waals surface area (Å²) in [6.45, 7) is 5.14. The Morgan fingerprint density at radius 1 is 0.897 bits per heavy atom. The molecule has 0 saturated carbocycles. The summed E-state index contributed by atoms with van der Waals surface area (Å²) in [5.41, 5.74) is 6.15. The number of nitrogens with zero attached hydrogens (tertiary/aromatic N) is 1. The fourth-order valence-electron chi connectivity index (χ4n) is 3.88. The molecular weight excluding hydrogens is 356 g/mol. The van der Waals surface area contributed by atoms with Gasteiger partial charge in [0.05, 0.1) is 18.5 Å². The fourth-order valence-corrected chi connectivity index (χ4v) is 3.88. The molecule has 0 aromatic carbocycles. The van der Waals surface area contributed by atoms with Gasteiger partial charge in [-0.05, 0) is 32.1 Å². The van der Waals surface area contributed by atoms with Gasteiger partial charge in [0, 0.05) is 19.5 Å². The van der Waals surface area contributed by atoms with Gasteiger partial charge in [0.2, 0.25) is 0 Å². The van der Waals surface area contributed by atoms with Crippen LogP contribution in [0.25, 0.3) is 0 Å². The molecule has 1 heterocycles. The van der Waals surface area contributed by atoms with E-state index in [-0.39, 0.29) is 6.17 Å². The van der Waals surface area contributed by atoms with E-state index in [2.05, 4.69) is 34.7 Å². The third-order valence-corrected chi connectivity index (χ3v) is 5.79. The first-order valence-electron chi connectivity index (χ1n) is 12.7. The van der Waals surface area contributed by atoms with Crippen LogP contribution in [0.4, 0.5) is 0 Å². The van der Waals surface area contributed by atoms with Crippen LogP contribution in [-0.2, 0) is 0 Å². The van der Waals surface area contributed by atoms with Crippen LogP contribution in [-0.4, -0.2) is 31.6 Å². The Kier molecular flexibility index (Phi) is 18.4. The third-order valence-electron chi connectivity index (χ3n) is 5.79. The van der Waals surface area contributed by atoms with Crippen LogP contribution >= 0.6 is 0 Å². The number of aliphatic imine (C=N–C) groups is 1. The molecule has 0 amide bonds. The number of nitrogens with two attached hydrogens (primary N) is 1. The van der Waals surface area contributed by atoms with E-state index in [1.165, 1.54) is 96.3 Å². The quantitative estimate of drug-likeness (QED) is 0.123. The fraction of sp³-hybridized carbons (Fsp3) is 0.880. The van der Waals surface area contributed by atoms with Crippen molar-refractivity contribution in [1.29, 1.82) is 0 Å². The highest BCUT2D eigenvalue weighted by Gasteiger charge is 2.06. The predicted octanol–water partition coefficient (Wildman–Crippen LogP) is 6.07. The molecule has 0 fully saturated rings. The minimum atomic E-state index is 0.139. The molecule has 1 aliphatic rings. The Hall–Kier alpha value is -0.870. The van der Waals surface area contributed by atoms with Crippen LogP contribution in [0.1, 0.15) is 116 Å². The maximum absolute atomic E-state index is 6.15. The second kappa shape index (κ2) is 20.4. The number of allylic oxidation sites excluding steroid dienone is 2. The summed E-state index contributed by atoms with van der Waals surface area (Å²) in [6, 6.07) is 0. The smallest absolute Gasteiger partial charge is 0.0977 e. The highest BCUT2D eigenvalue weighted by Crippen LogP contribution is 2.11. The van der Waals surface area contributed by atoms with E-state index in [4.69, 9.17) is 5.73 Å². The van der Waals surface area contributed by atoms with Crippen molar-refractivity contribution in [2.75, 3.05) is 19.6 Å². The van der Waals surface area contributed by atoms with Crippen molar-refractivity contribution in [2.45, 2.75) is 122 Å². The average molecular weight is 407 g/mol. The van der Waals surface area contributed by atoms with E-state index in [0.717, 1.165) is 38.3 Å². The van der Waals surface area contributed by atoms with Gasteiger partial charge in [-0.1, -0.05) is 89.7 Å². The summed E-state index contributed by atoms with van der Waals surface area (Å²) >= 11 is 0. The lowest BCUT2D eigenvalue weighted by Gasteiger charge is -2.13. The minimum Gasteiger partial charge on any atom is -0.372 e. The van der Waals surface area contributed by atoms with Gasteiger partial charge in [-0.25, -0.2) is 0 Å². The highest BCUT2D eigenvalue weighted by molar-refractivity contribution is 5.83. The number of hydrogen-bond acceptors (Lipinski definition) is 4. The first-order chi connectivity index (χ1) is 14.3. The van der Waals surface area contributed by atoms with E-state index in [9.17, 15) is 0 Å². The molecule has 0 aromatic rings. The van der Waals surface area contributed by atoms with E-state index in [0.29, 0.717) is 0 Å². The summed E-state index contributed by atoms with van der Waals surface area (Å²) < 4.78 is 0. The van der Waals surface area contributed by atoms with Gasteiger partial charge in [0.25, 0.3) is 0 Å². The third kappa shape index (κ3) is 17.7. The first-order valence-corrected chi connectivity index (χ1v) is 12.7. The number of unbranched alkanes of at least 4 members (excludes halogenated alkanes) is 13. The zero-order valence-electron chi connectivity index (χ0n) is 19.4. The van der Waals surface area contributed by atoms with Crippen molar-refractivity contribution in [3.05, 3.63) is 12.2 Å². The van der Waals surface area contributed by atoms with Gasteiger partial charge in [0.1, 0.15) is 0 Å². The number of nitrogens with one attached hydrogen (secondary N) is 2. The van der Waals surface area contributed by atoms with Crippen LogP contribution in [0.3, 0.4) is 0 Å². The van der Waals surface area contributed by atoms with Crippen molar-refractivity contribution >= 4 is 5.84 Å². The zero-order chi connectivity index (χ0) is 20.8.